The number of aromatic hydroxyl groups is 1. The van der Waals surface area contributed by atoms with Crippen LogP contribution in [0.25, 0.3) is 0 Å². The van der Waals surface area contributed by atoms with Crippen LogP contribution >= 0.6 is 0 Å². The van der Waals surface area contributed by atoms with Crippen molar-refractivity contribution in [2.45, 2.75) is 109 Å². The van der Waals surface area contributed by atoms with Gasteiger partial charge in [-0.2, -0.15) is 0 Å². The fraction of sp³-hybridized carbons (Fsp3) is 0.697. The molecular formula is C33H50N4O7. The summed E-state index contributed by atoms with van der Waals surface area (Å²) in [4.78, 5) is 16.4. The van der Waals surface area contributed by atoms with Gasteiger partial charge in [-0.05, 0) is 81.7 Å². The number of rotatable bonds is 5. The second kappa shape index (κ2) is 15.3. The van der Waals surface area contributed by atoms with Gasteiger partial charge in [0.25, 0.3) is 0 Å². The molecule has 2 heterocycles. The van der Waals surface area contributed by atoms with Crippen molar-refractivity contribution in [3.8, 4) is 23.3 Å². The molecule has 11 nitrogen and oxygen atoms in total. The van der Waals surface area contributed by atoms with Crippen molar-refractivity contribution in [3.63, 3.8) is 0 Å². The van der Waals surface area contributed by atoms with Crippen molar-refractivity contribution in [1.29, 1.82) is 0 Å². The Hall–Kier alpha value is -3.04. The number of fused-ring (bicyclic) bond motifs is 5. The molecule has 0 unspecified atom stereocenters. The Morgan fingerprint density at radius 2 is 2.09 bits per heavy atom. The number of piperidine rings is 1. The number of esters is 1. The molecule has 8 N–H and O–H groups in total. The zero-order valence-electron chi connectivity index (χ0n) is 26.2. The van der Waals surface area contributed by atoms with E-state index in [9.17, 15) is 25.2 Å². The third kappa shape index (κ3) is 8.57. The molecule has 4 bridgehead atoms. The average molecular weight is 615 g/mol. The lowest BCUT2D eigenvalue weighted by Crippen LogP contribution is -2.47. The third-order valence-electron chi connectivity index (χ3n) is 9.59. The summed E-state index contributed by atoms with van der Waals surface area (Å²) in [6.07, 6.45) is 3.01. The highest BCUT2D eigenvalue weighted by Gasteiger charge is 2.39. The van der Waals surface area contributed by atoms with Crippen LogP contribution in [-0.2, 0) is 22.6 Å². The first-order chi connectivity index (χ1) is 21.0. The number of nitrogens with zero attached hydrogens (tertiary/aromatic N) is 1. The summed E-state index contributed by atoms with van der Waals surface area (Å²) in [5.74, 6) is 6.48. The smallest absolute Gasteiger partial charge is 0.302 e. The van der Waals surface area contributed by atoms with Gasteiger partial charge in [0.1, 0.15) is 12.2 Å². The number of nitrogens with one attached hydrogen (secondary N) is 2. The molecule has 1 aromatic carbocycles. The van der Waals surface area contributed by atoms with Crippen LogP contribution in [0.2, 0.25) is 0 Å². The number of carbonyl (C=O) groups excluding carboxylic acids is 1. The lowest BCUT2D eigenvalue weighted by molar-refractivity contribution is -0.152. The summed E-state index contributed by atoms with van der Waals surface area (Å²) in [6.45, 7) is 3.84. The summed E-state index contributed by atoms with van der Waals surface area (Å²) >= 11 is 0. The number of phenols is 1. The SMILES string of the molecule is CN=C(N)NC[C@]1([C@H](C)O)C#C[C@H]2CCC[C@H]3C[C@H](CCN3)Oc3cc(c(CO)cc3O)C[C@H]2[C@@H](OC(C)=O)C[C@@H](O)CC1. The molecule has 44 heavy (non-hydrogen) atoms. The first kappa shape index (κ1) is 33.8. The topological polar surface area (TPSA) is 179 Å². The van der Waals surface area contributed by atoms with Gasteiger partial charge in [0.05, 0.1) is 24.2 Å². The number of hydrogen-bond acceptors (Lipinski definition) is 9. The van der Waals surface area contributed by atoms with E-state index in [-0.39, 0.29) is 55.3 Å². The van der Waals surface area contributed by atoms with Gasteiger partial charge in [-0.15, -0.1) is 0 Å². The van der Waals surface area contributed by atoms with E-state index >= 15 is 0 Å². The Bertz CT molecular complexity index is 1230. The quantitative estimate of drug-likeness (QED) is 0.112. The predicted octanol–water partition coefficient (Wildman–Crippen LogP) is 1.72. The maximum atomic E-state index is 12.4. The normalized spacial score (nSPS) is 32.1. The monoisotopic (exact) mass is 614 g/mol. The molecule has 3 aliphatic rings. The lowest BCUT2D eigenvalue weighted by Gasteiger charge is -2.37. The molecule has 8 atom stereocenters. The predicted molar refractivity (Wildman–Crippen MR) is 167 cm³/mol. The van der Waals surface area contributed by atoms with E-state index in [0.29, 0.717) is 37.0 Å². The Labute approximate surface area is 260 Å². The maximum Gasteiger partial charge on any atom is 0.302 e. The average Bonchev–Trinajstić information content (AvgIpc) is 2.99. The van der Waals surface area contributed by atoms with Crippen LogP contribution in [0, 0.1) is 29.1 Å². The van der Waals surface area contributed by atoms with Crippen molar-refractivity contribution in [2.75, 3.05) is 20.1 Å². The van der Waals surface area contributed by atoms with E-state index < -0.39 is 29.7 Å². The van der Waals surface area contributed by atoms with Crippen LogP contribution in [0.4, 0.5) is 0 Å². The van der Waals surface area contributed by atoms with Crippen molar-refractivity contribution in [1.82, 2.24) is 10.6 Å². The molecule has 11 heteroatoms. The highest BCUT2D eigenvalue weighted by atomic mass is 16.5. The molecule has 244 valence electrons. The minimum Gasteiger partial charge on any atom is -0.504 e. The Kier molecular flexibility index (Phi) is 11.8. The minimum absolute atomic E-state index is 0.0267. The molecule has 1 saturated heterocycles. The first-order valence-electron chi connectivity index (χ1n) is 15.9. The highest BCUT2D eigenvalue weighted by Crippen LogP contribution is 2.39. The number of guanidine groups is 1. The minimum atomic E-state index is -0.912. The van der Waals surface area contributed by atoms with Crippen molar-refractivity contribution < 1.29 is 34.7 Å². The zero-order chi connectivity index (χ0) is 31.9. The van der Waals surface area contributed by atoms with Crippen LogP contribution in [-0.4, -0.2) is 82.9 Å². The van der Waals surface area contributed by atoms with Gasteiger partial charge in [-0.3, -0.25) is 9.79 Å². The summed E-state index contributed by atoms with van der Waals surface area (Å²) < 4.78 is 12.3. The number of benzene rings is 1. The molecule has 4 rings (SSSR count). The Balaban J connectivity index is 1.85. The molecular weight excluding hydrogens is 564 g/mol. The van der Waals surface area contributed by atoms with E-state index in [4.69, 9.17) is 15.2 Å². The first-order valence-corrected chi connectivity index (χ1v) is 15.9. The maximum absolute atomic E-state index is 12.4. The fourth-order valence-electron chi connectivity index (χ4n) is 6.88. The number of nitrogens with two attached hydrogens (primary N) is 1. The van der Waals surface area contributed by atoms with Crippen LogP contribution in [0.3, 0.4) is 0 Å². The van der Waals surface area contributed by atoms with E-state index in [1.165, 1.54) is 6.92 Å². The van der Waals surface area contributed by atoms with Gasteiger partial charge in [-0.25, -0.2) is 0 Å². The summed E-state index contributed by atoms with van der Waals surface area (Å²) in [5, 5.41) is 50.1. The number of hydrogen-bond donors (Lipinski definition) is 7. The van der Waals surface area contributed by atoms with Crippen LogP contribution in [0.5, 0.6) is 11.5 Å². The van der Waals surface area contributed by atoms with Crippen molar-refractivity contribution >= 4 is 11.9 Å². The lowest BCUT2D eigenvalue weighted by atomic mass is 9.72. The standard InChI is InChI=1S/C33H50N4O7/c1-20(39)33(19-37-32(34)35-3)10-7-22-5-4-6-25-16-27(9-12-36-25)44-31-15-23(24(18-38)14-29(31)42)13-28(22)30(43-21(2)40)17-26(41)8-11-33/h14-15,20,22,25-28,30,36,38-39,41-42H,4-6,8-9,11-13,16-19H2,1-3H3,(H3,34,35,37)/t20-,22+,25-,26-,27-,28+,30-,33-/m0/s1. The second-order valence-electron chi connectivity index (χ2n) is 12.7. The molecule has 1 aromatic rings. The number of aliphatic hydroxyl groups excluding tert-OH is 3. The van der Waals surface area contributed by atoms with Crippen LogP contribution in [0.15, 0.2) is 17.1 Å². The van der Waals surface area contributed by atoms with Gasteiger partial charge in [0.2, 0.25) is 0 Å². The molecule has 1 aliphatic carbocycles. The van der Waals surface area contributed by atoms with Gasteiger partial charge < -0.3 is 46.3 Å². The van der Waals surface area contributed by atoms with Gasteiger partial charge in [0, 0.05) is 44.8 Å². The molecule has 0 amide bonds. The van der Waals surface area contributed by atoms with E-state index in [0.717, 1.165) is 37.8 Å². The summed E-state index contributed by atoms with van der Waals surface area (Å²) in [5.41, 5.74) is 6.35. The van der Waals surface area contributed by atoms with Crippen LogP contribution in [0.1, 0.15) is 76.3 Å². The van der Waals surface area contributed by atoms with E-state index in [1.807, 2.05) is 0 Å². The Morgan fingerprint density at radius 3 is 2.80 bits per heavy atom. The number of carbonyl (C=O) groups is 1. The molecule has 1 fully saturated rings. The van der Waals surface area contributed by atoms with Crippen molar-refractivity contribution in [3.05, 3.63) is 23.3 Å². The molecule has 0 spiro atoms. The number of aliphatic imine (C=N–C) groups is 1. The van der Waals surface area contributed by atoms with Gasteiger partial charge in [0.15, 0.2) is 17.5 Å². The van der Waals surface area contributed by atoms with Crippen molar-refractivity contribution in [2.24, 2.45) is 28.0 Å². The third-order valence-corrected chi connectivity index (χ3v) is 9.59. The number of ether oxygens (including phenoxy) is 2. The van der Waals surface area contributed by atoms with E-state index in [2.05, 4.69) is 27.5 Å². The zero-order valence-corrected chi connectivity index (χ0v) is 26.2. The number of aliphatic hydroxyl groups is 3. The summed E-state index contributed by atoms with van der Waals surface area (Å²) in [6, 6.07) is 3.57. The summed E-state index contributed by atoms with van der Waals surface area (Å²) in [7, 11) is 1.58. The Morgan fingerprint density at radius 1 is 1.30 bits per heavy atom. The molecule has 0 saturated carbocycles. The van der Waals surface area contributed by atoms with Gasteiger partial charge in [-0.1, -0.05) is 18.3 Å². The fourth-order valence-corrected chi connectivity index (χ4v) is 6.88. The van der Waals surface area contributed by atoms with Gasteiger partial charge >= 0.3 is 5.97 Å². The largest absolute Gasteiger partial charge is 0.504 e. The number of phenolic OH excluding ortho intramolecular Hbond substituents is 1. The molecule has 2 aliphatic heterocycles. The van der Waals surface area contributed by atoms with Crippen LogP contribution < -0.4 is 21.1 Å². The molecule has 0 aromatic heterocycles. The second-order valence-corrected chi connectivity index (χ2v) is 12.7. The van der Waals surface area contributed by atoms with E-state index in [1.54, 1.807) is 26.1 Å². The molecule has 0 radical (unpaired) electrons. The highest BCUT2D eigenvalue weighted by molar-refractivity contribution is 5.77.